The fourth-order valence-electron chi connectivity index (χ4n) is 5.58. The molecular formula is C37H36N2O2. The van der Waals surface area contributed by atoms with Crippen LogP contribution >= 0.6 is 0 Å². The predicted molar refractivity (Wildman–Crippen MR) is 169 cm³/mol. The Labute approximate surface area is 241 Å². The van der Waals surface area contributed by atoms with E-state index in [0.29, 0.717) is 17.0 Å². The Morgan fingerprint density at radius 2 is 1.39 bits per heavy atom. The number of aryl methyl sites for hydroxylation is 1. The van der Waals surface area contributed by atoms with Crippen molar-refractivity contribution in [2.75, 3.05) is 0 Å². The fourth-order valence-corrected chi connectivity index (χ4v) is 5.58. The van der Waals surface area contributed by atoms with E-state index < -0.39 is 0 Å². The van der Waals surface area contributed by atoms with Gasteiger partial charge in [-0.2, -0.15) is 0 Å². The molecule has 4 nitrogen and oxygen atoms in total. The Kier molecular flexibility index (Phi) is 6.26. The Hall–Kier alpha value is -4.44. The summed E-state index contributed by atoms with van der Waals surface area (Å²) < 4.78 is 6.29. The molecule has 6 rings (SSSR count). The molecule has 0 aliphatic rings. The van der Waals surface area contributed by atoms with E-state index in [1.165, 1.54) is 16.5 Å². The van der Waals surface area contributed by atoms with Gasteiger partial charge in [-0.05, 0) is 94.1 Å². The van der Waals surface area contributed by atoms with Crippen molar-refractivity contribution in [3.8, 4) is 39.5 Å². The quantitative estimate of drug-likeness (QED) is 0.243. The van der Waals surface area contributed by atoms with Crippen LogP contribution in [-0.2, 0) is 10.8 Å². The summed E-state index contributed by atoms with van der Waals surface area (Å²) in [5, 5.41) is 11.7. The summed E-state index contributed by atoms with van der Waals surface area (Å²) in [4.78, 5) is 9.78. The van der Waals surface area contributed by atoms with Crippen LogP contribution in [0.25, 0.3) is 55.7 Å². The Morgan fingerprint density at radius 1 is 0.683 bits per heavy atom. The lowest BCUT2D eigenvalue weighted by Gasteiger charge is -2.22. The number of pyridine rings is 1. The highest BCUT2D eigenvalue weighted by Gasteiger charge is 2.23. The number of rotatable bonds is 3. The van der Waals surface area contributed by atoms with Crippen molar-refractivity contribution in [2.24, 2.45) is 0 Å². The van der Waals surface area contributed by atoms with Crippen LogP contribution in [0, 0.1) is 6.92 Å². The van der Waals surface area contributed by atoms with Crippen LogP contribution < -0.4 is 0 Å². The molecule has 206 valence electrons. The highest BCUT2D eigenvalue weighted by molar-refractivity contribution is 5.99. The minimum Gasteiger partial charge on any atom is -0.507 e. The van der Waals surface area contributed by atoms with Crippen molar-refractivity contribution in [2.45, 2.75) is 59.3 Å². The van der Waals surface area contributed by atoms with Crippen molar-refractivity contribution in [3.63, 3.8) is 0 Å². The number of hydrogen-bond donors (Lipinski definition) is 1. The number of benzene rings is 4. The van der Waals surface area contributed by atoms with Gasteiger partial charge in [-0.25, -0.2) is 4.98 Å². The van der Waals surface area contributed by atoms with Gasteiger partial charge in [-0.1, -0.05) is 71.9 Å². The first kappa shape index (κ1) is 26.8. The molecule has 0 atom stereocenters. The minimum absolute atomic E-state index is 0.00491. The van der Waals surface area contributed by atoms with Gasteiger partial charge in [0.15, 0.2) is 5.58 Å². The maximum absolute atomic E-state index is 10.5. The number of phenols is 1. The monoisotopic (exact) mass is 540 g/mol. The maximum atomic E-state index is 10.5. The van der Waals surface area contributed by atoms with Gasteiger partial charge in [0.1, 0.15) is 11.3 Å². The SMILES string of the molecule is Cc1cc(-c2cccc(-c3cc(C(C)(C)C)cc4oc(-c5ccccc5O)nc34)c2)c2nccc(C(C)(C)C)c2c1. The van der Waals surface area contributed by atoms with Crippen molar-refractivity contribution in [1.29, 1.82) is 0 Å². The van der Waals surface area contributed by atoms with E-state index in [2.05, 4.69) is 103 Å². The Morgan fingerprint density at radius 3 is 2.07 bits per heavy atom. The third kappa shape index (κ3) is 4.88. The van der Waals surface area contributed by atoms with E-state index in [0.717, 1.165) is 38.9 Å². The second kappa shape index (κ2) is 9.59. The lowest BCUT2D eigenvalue weighted by atomic mass is 9.83. The molecule has 0 spiro atoms. The van der Waals surface area contributed by atoms with Gasteiger partial charge < -0.3 is 9.52 Å². The van der Waals surface area contributed by atoms with Crippen LogP contribution in [0.15, 0.2) is 89.5 Å². The third-order valence-electron chi connectivity index (χ3n) is 7.78. The van der Waals surface area contributed by atoms with Crippen molar-refractivity contribution in [3.05, 3.63) is 102 Å². The van der Waals surface area contributed by atoms with Crippen LogP contribution in [0.2, 0.25) is 0 Å². The number of fused-ring (bicyclic) bond motifs is 2. The second-order valence-electron chi connectivity index (χ2n) is 13.1. The van der Waals surface area contributed by atoms with E-state index in [-0.39, 0.29) is 16.6 Å². The summed E-state index contributed by atoms with van der Waals surface area (Å²) in [7, 11) is 0. The number of aromatic nitrogens is 2. The highest BCUT2D eigenvalue weighted by atomic mass is 16.3. The van der Waals surface area contributed by atoms with Gasteiger partial charge in [0.25, 0.3) is 0 Å². The van der Waals surface area contributed by atoms with E-state index in [9.17, 15) is 5.11 Å². The van der Waals surface area contributed by atoms with Gasteiger partial charge in [0, 0.05) is 22.7 Å². The molecule has 0 aliphatic carbocycles. The fraction of sp³-hybridized carbons (Fsp3) is 0.243. The van der Waals surface area contributed by atoms with Gasteiger partial charge >= 0.3 is 0 Å². The van der Waals surface area contributed by atoms with E-state index in [1.807, 2.05) is 18.3 Å². The van der Waals surface area contributed by atoms with Crippen LogP contribution in [0.3, 0.4) is 0 Å². The summed E-state index contributed by atoms with van der Waals surface area (Å²) in [6.45, 7) is 15.5. The van der Waals surface area contributed by atoms with Gasteiger partial charge in [0.05, 0.1) is 11.1 Å². The molecular weight excluding hydrogens is 504 g/mol. The molecule has 0 bridgehead atoms. The summed E-state index contributed by atoms with van der Waals surface area (Å²) in [6, 6.07) is 26.7. The zero-order valence-corrected chi connectivity index (χ0v) is 24.8. The minimum atomic E-state index is -0.0948. The summed E-state index contributed by atoms with van der Waals surface area (Å²) >= 11 is 0. The van der Waals surface area contributed by atoms with Crippen molar-refractivity contribution < 1.29 is 9.52 Å². The van der Waals surface area contributed by atoms with Crippen LogP contribution in [0.5, 0.6) is 5.75 Å². The molecule has 0 saturated heterocycles. The molecule has 0 fully saturated rings. The Balaban J connectivity index is 1.58. The number of aromatic hydroxyl groups is 1. The average Bonchev–Trinajstić information content (AvgIpc) is 3.35. The highest BCUT2D eigenvalue weighted by Crippen LogP contribution is 2.40. The summed E-state index contributed by atoms with van der Waals surface area (Å²) in [5.41, 5.74) is 10.9. The van der Waals surface area contributed by atoms with Gasteiger partial charge in [-0.15, -0.1) is 0 Å². The van der Waals surface area contributed by atoms with Gasteiger partial charge in [-0.3, -0.25) is 4.98 Å². The normalized spacial score (nSPS) is 12.4. The lowest BCUT2D eigenvalue weighted by molar-refractivity contribution is 0.474. The van der Waals surface area contributed by atoms with Crippen LogP contribution in [0.1, 0.15) is 58.2 Å². The molecule has 4 heteroatoms. The average molecular weight is 541 g/mol. The molecule has 1 N–H and O–H groups in total. The maximum Gasteiger partial charge on any atom is 0.231 e. The lowest BCUT2D eigenvalue weighted by Crippen LogP contribution is -2.12. The van der Waals surface area contributed by atoms with Crippen LogP contribution in [-0.4, -0.2) is 15.1 Å². The number of oxazole rings is 1. The zero-order valence-electron chi connectivity index (χ0n) is 24.8. The first-order chi connectivity index (χ1) is 19.4. The van der Waals surface area contributed by atoms with Crippen molar-refractivity contribution in [1.82, 2.24) is 9.97 Å². The zero-order chi connectivity index (χ0) is 29.1. The number of nitrogens with zero attached hydrogens (tertiary/aromatic N) is 2. The number of phenolic OH excluding ortho intramolecular Hbond substituents is 1. The molecule has 6 aromatic rings. The molecule has 0 aliphatic heterocycles. The first-order valence-electron chi connectivity index (χ1n) is 14.1. The molecule has 0 saturated carbocycles. The smallest absolute Gasteiger partial charge is 0.231 e. The summed E-state index contributed by atoms with van der Waals surface area (Å²) in [5.74, 6) is 0.553. The topological polar surface area (TPSA) is 59.2 Å². The van der Waals surface area contributed by atoms with Crippen LogP contribution in [0.4, 0.5) is 0 Å². The predicted octanol–water partition coefficient (Wildman–Crippen LogP) is 9.99. The second-order valence-corrected chi connectivity index (χ2v) is 13.1. The number of para-hydroxylation sites is 1. The summed E-state index contributed by atoms with van der Waals surface area (Å²) in [6.07, 6.45) is 1.93. The first-order valence-corrected chi connectivity index (χ1v) is 14.1. The number of hydrogen-bond acceptors (Lipinski definition) is 4. The largest absolute Gasteiger partial charge is 0.507 e. The third-order valence-corrected chi connectivity index (χ3v) is 7.78. The van der Waals surface area contributed by atoms with Gasteiger partial charge in [0.2, 0.25) is 5.89 Å². The van der Waals surface area contributed by atoms with E-state index in [1.54, 1.807) is 12.1 Å². The van der Waals surface area contributed by atoms with E-state index in [4.69, 9.17) is 14.4 Å². The molecule has 0 amide bonds. The van der Waals surface area contributed by atoms with E-state index >= 15 is 0 Å². The molecule has 2 aromatic heterocycles. The molecule has 2 heterocycles. The molecule has 0 radical (unpaired) electrons. The molecule has 4 aromatic carbocycles. The standard InChI is InChI=1S/C37H36N2O2/c1-22-17-27(33-29(18-22)30(15-16-38-33)37(5,6)7)23-11-10-12-24(19-23)28-20-25(36(2,3)4)21-32-34(28)39-35(41-32)26-13-8-9-14-31(26)40/h8-21,40H,1-7H3. The Bertz CT molecular complexity index is 1930. The van der Waals surface area contributed by atoms with Crippen molar-refractivity contribution >= 4 is 22.0 Å². The molecule has 41 heavy (non-hydrogen) atoms. The molecule has 0 unspecified atom stereocenters.